The smallest absolute Gasteiger partial charge is 0.256 e. The van der Waals surface area contributed by atoms with E-state index in [2.05, 4.69) is 15.1 Å². The van der Waals surface area contributed by atoms with Crippen LogP contribution in [0, 0.1) is 0 Å². The summed E-state index contributed by atoms with van der Waals surface area (Å²) in [6.07, 6.45) is 1.30. The van der Waals surface area contributed by atoms with Crippen LogP contribution in [0.1, 0.15) is 18.6 Å². The number of hydrogen-bond donors (Lipinski definition) is 0. The molecule has 6 heteroatoms. The lowest BCUT2D eigenvalue weighted by Gasteiger charge is -2.15. The predicted molar refractivity (Wildman–Crippen MR) is 71.3 cm³/mol. The fraction of sp³-hybridized carbons (Fsp3) is 0.154. The number of rotatable bonds is 3. The van der Waals surface area contributed by atoms with E-state index in [0.717, 1.165) is 5.56 Å². The normalized spacial score (nSPS) is 12.5. The van der Waals surface area contributed by atoms with Gasteiger partial charge >= 0.3 is 0 Å². The van der Waals surface area contributed by atoms with Crippen molar-refractivity contribution in [3.8, 4) is 5.88 Å². The standard InChI is InChI=1S/C13H11ClN4O/c1-9(10-5-3-2-4-6-10)19-12-7-11(14)17-13-15-8-16-18(12)13/h2-9H,1H3. The molecule has 96 valence electrons. The van der Waals surface area contributed by atoms with Crippen molar-refractivity contribution in [3.63, 3.8) is 0 Å². The van der Waals surface area contributed by atoms with Gasteiger partial charge in [0.2, 0.25) is 5.88 Å². The van der Waals surface area contributed by atoms with Crippen molar-refractivity contribution in [3.05, 3.63) is 53.4 Å². The molecule has 0 radical (unpaired) electrons. The van der Waals surface area contributed by atoms with E-state index in [4.69, 9.17) is 16.3 Å². The van der Waals surface area contributed by atoms with Crippen LogP contribution in [0.4, 0.5) is 0 Å². The average Bonchev–Trinajstić information content (AvgIpc) is 2.88. The third-order valence-electron chi connectivity index (χ3n) is 2.75. The second kappa shape index (κ2) is 4.85. The molecule has 0 spiro atoms. The summed E-state index contributed by atoms with van der Waals surface area (Å²) in [4.78, 5) is 8.05. The quantitative estimate of drug-likeness (QED) is 0.689. The summed E-state index contributed by atoms with van der Waals surface area (Å²) in [5.41, 5.74) is 1.07. The molecule has 0 bridgehead atoms. The minimum atomic E-state index is -0.118. The van der Waals surface area contributed by atoms with Crippen molar-refractivity contribution in [2.45, 2.75) is 13.0 Å². The lowest BCUT2D eigenvalue weighted by atomic mass is 10.1. The summed E-state index contributed by atoms with van der Waals surface area (Å²) in [5.74, 6) is 0.937. The molecule has 1 atom stereocenters. The van der Waals surface area contributed by atoms with Gasteiger partial charge in [-0.15, -0.1) is 0 Å². The van der Waals surface area contributed by atoms with Gasteiger partial charge in [-0.05, 0) is 12.5 Å². The van der Waals surface area contributed by atoms with E-state index >= 15 is 0 Å². The van der Waals surface area contributed by atoms with Crippen LogP contribution in [0.2, 0.25) is 5.15 Å². The minimum absolute atomic E-state index is 0.118. The lowest BCUT2D eigenvalue weighted by Crippen LogP contribution is -2.07. The third-order valence-corrected chi connectivity index (χ3v) is 2.95. The number of benzene rings is 1. The number of hydrogen-bond acceptors (Lipinski definition) is 4. The Kier molecular flexibility index (Phi) is 3.05. The van der Waals surface area contributed by atoms with Crippen molar-refractivity contribution < 1.29 is 4.74 Å². The topological polar surface area (TPSA) is 52.3 Å². The highest BCUT2D eigenvalue weighted by Gasteiger charge is 2.12. The van der Waals surface area contributed by atoms with E-state index in [0.29, 0.717) is 16.8 Å². The van der Waals surface area contributed by atoms with Crippen LogP contribution in [0.15, 0.2) is 42.7 Å². The Morgan fingerprint density at radius 3 is 2.84 bits per heavy atom. The van der Waals surface area contributed by atoms with E-state index in [1.807, 2.05) is 37.3 Å². The zero-order chi connectivity index (χ0) is 13.2. The van der Waals surface area contributed by atoms with Gasteiger partial charge in [0.25, 0.3) is 5.78 Å². The van der Waals surface area contributed by atoms with E-state index < -0.39 is 0 Å². The van der Waals surface area contributed by atoms with Gasteiger partial charge in [0.15, 0.2) is 0 Å². The molecule has 0 saturated heterocycles. The van der Waals surface area contributed by atoms with Crippen LogP contribution in [0.5, 0.6) is 5.88 Å². The van der Waals surface area contributed by atoms with Crippen molar-refractivity contribution in [1.29, 1.82) is 0 Å². The van der Waals surface area contributed by atoms with E-state index in [-0.39, 0.29) is 6.10 Å². The van der Waals surface area contributed by atoms with Gasteiger partial charge in [0.05, 0.1) is 0 Å². The highest BCUT2D eigenvalue weighted by atomic mass is 35.5. The van der Waals surface area contributed by atoms with Crippen LogP contribution in [0.25, 0.3) is 5.78 Å². The van der Waals surface area contributed by atoms with Crippen molar-refractivity contribution in [1.82, 2.24) is 19.6 Å². The van der Waals surface area contributed by atoms with Crippen LogP contribution in [-0.2, 0) is 0 Å². The van der Waals surface area contributed by atoms with Gasteiger partial charge in [-0.2, -0.15) is 19.6 Å². The molecule has 19 heavy (non-hydrogen) atoms. The number of halogens is 1. The summed E-state index contributed by atoms with van der Waals surface area (Å²) in [6.45, 7) is 1.96. The average molecular weight is 275 g/mol. The van der Waals surface area contributed by atoms with Crippen molar-refractivity contribution >= 4 is 17.4 Å². The molecule has 0 amide bonds. The molecule has 2 heterocycles. The fourth-order valence-electron chi connectivity index (χ4n) is 1.82. The van der Waals surface area contributed by atoms with Gasteiger partial charge in [-0.25, -0.2) is 0 Å². The highest BCUT2D eigenvalue weighted by Crippen LogP contribution is 2.23. The molecular weight excluding hydrogens is 264 g/mol. The van der Waals surface area contributed by atoms with Crippen LogP contribution in [0.3, 0.4) is 0 Å². The van der Waals surface area contributed by atoms with Crippen molar-refractivity contribution in [2.24, 2.45) is 0 Å². The molecule has 3 rings (SSSR count). The maximum atomic E-state index is 5.94. The molecule has 1 aromatic carbocycles. The van der Waals surface area contributed by atoms with E-state index in [9.17, 15) is 0 Å². The van der Waals surface area contributed by atoms with Gasteiger partial charge in [0, 0.05) is 6.07 Å². The van der Waals surface area contributed by atoms with Crippen LogP contribution in [-0.4, -0.2) is 19.6 Å². The number of ether oxygens (including phenoxy) is 1. The molecule has 0 N–H and O–H groups in total. The molecule has 0 fully saturated rings. The number of aromatic nitrogens is 4. The summed E-state index contributed by atoms with van der Waals surface area (Å²) in [5, 5.41) is 4.40. The molecule has 0 aliphatic carbocycles. The first-order valence-corrected chi connectivity index (χ1v) is 6.20. The Labute approximate surface area is 114 Å². The second-order valence-electron chi connectivity index (χ2n) is 4.06. The molecule has 0 saturated carbocycles. The van der Waals surface area contributed by atoms with Crippen LogP contribution < -0.4 is 4.74 Å². The Balaban J connectivity index is 1.95. The molecule has 2 aromatic heterocycles. The lowest BCUT2D eigenvalue weighted by molar-refractivity contribution is 0.211. The Morgan fingerprint density at radius 2 is 2.05 bits per heavy atom. The maximum absolute atomic E-state index is 5.94. The summed E-state index contributed by atoms with van der Waals surface area (Å²) >= 11 is 5.94. The second-order valence-corrected chi connectivity index (χ2v) is 4.45. The molecule has 0 aliphatic heterocycles. The molecule has 3 aromatic rings. The van der Waals surface area contributed by atoms with E-state index in [1.54, 1.807) is 6.07 Å². The molecule has 5 nitrogen and oxygen atoms in total. The highest BCUT2D eigenvalue weighted by molar-refractivity contribution is 6.29. The molecular formula is C13H11ClN4O. The monoisotopic (exact) mass is 274 g/mol. The molecule has 0 aliphatic rings. The minimum Gasteiger partial charge on any atom is -0.470 e. The first-order valence-electron chi connectivity index (χ1n) is 5.82. The SMILES string of the molecule is CC(Oc1cc(Cl)nc2ncnn12)c1ccccc1. The number of nitrogens with zero attached hydrogens (tertiary/aromatic N) is 4. The van der Waals surface area contributed by atoms with Gasteiger partial charge in [-0.3, -0.25) is 0 Å². The zero-order valence-electron chi connectivity index (χ0n) is 10.2. The summed E-state index contributed by atoms with van der Waals surface area (Å²) in [7, 11) is 0. The Bertz CT molecular complexity index is 698. The summed E-state index contributed by atoms with van der Waals surface area (Å²) in [6, 6.07) is 11.6. The maximum Gasteiger partial charge on any atom is 0.256 e. The van der Waals surface area contributed by atoms with Crippen molar-refractivity contribution in [2.75, 3.05) is 0 Å². The van der Waals surface area contributed by atoms with E-state index in [1.165, 1.54) is 10.8 Å². The largest absolute Gasteiger partial charge is 0.470 e. The first kappa shape index (κ1) is 11.9. The van der Waals surface area contributed by atoms with Crippen LogP contribution >= 0.6 is 11.6 Å². The third kappa shape index (κ3) is 2.37. The fourth-order valence-corrected chi connectivity index (χ4v) is 1.98. The first-order chi connectivity index (χ1) is 9.24. The van der Waals surface area contributed by atoms with Gasteiger partial charge in [-0.1, -0.05) is 41.9 Å². The summed E-state index contributed by atoms with van der Waals surface area (Å²) < 4.78 is 7.41. The molecule has 1 unspecified atom stereocenters. The number of fused-ring (bicyclic) bond motifs is 1. The predicted octanol–water partition coefficient (Wildman–Crippen LogP) is 2.92. The Morgan fingerprint density at radius 1 is 1.26 bits per heavy atom. The Hall–Kier alpha value is -2.14. The van der Waals surface area contributed by atoms with Gasteiger partial charge < -0.3 is 4.74 Å². The zero-order valence-corrected chi connectivity index (χ0v) is 10.9. The van der Waals surface area contributed by atoms with Gasteiger partial charge in [0.1, 0.15) is 17.6 Å².